The molecule has 1 amide bonds. The Morgan fingerprint density at radius 3 is 3.00 bits per heavy atom. The van der Waals surface area contributed by atoms with Gasteiger partial charge >= 0.3 is 6.09 Å². The second-order valence-electron chi connectivity index (χ2n) is 7.12. The van der Waals surface area contributed by atoms with Gasteiger partial charge in [0.2, 0.25) is 0 Å². The van der Waals surface area contributed by atoms with Crippen molar-refractivity contribution in [3.05, 3.63) is 29.6 Å². The van der Waals surface area contributed by atoms with E-state index in [0.29, 0.717) is 28.8 Å². The van der Waals surface area contributed by atoms with E-state index in [2.05, 4.69) is 10.3 Å². The van der Waals surface area contributed by atoms with Crippen LogP contribution in [0.25, 0.3) is 0 Å². The van der Waals surface area contributed by atoms with Gasteiger partial charge in [-0.1, -0.05) is 11.8 Å². The van der Waals surface area contributed by atoms with Gasteiger partial charge in [-0.25, -0.2) is 14.2 Å². The number of carbonyl (C=O) groups excluding carboxylic acids is 1. The van der Waals surface area contributed by atoms with Crippen LogP contribution in [0.1, 0.15) is 32.8 Å². The van der Waals surface area contributed by atoms with E-state index in [9.17, 15) is 9.18 Å². The molecule has 1 aromatic carbocycles. The van der Waals surface area contributed by atoms with Crippen molar-refractivity contribution >= 4 is 28.7 Å². The first-order chi connectivity index (χ1) is 11.7. The van der Waals surface area contributed by atoms with Gasteiger partial charge in [0.1, 0.15) is 11.4 Å². The third kappa shape index (κ3) is 3.74. The molecule has 6 nitrogen and oxygen atoms in total. The molecule has 0 aliphatic carbocycles. The molecule has 2 atom stereocenters. The van der Waals surface area contributed by atoms with Crippen molar-refractivity contribution in [2.45, 2.75) is 38.5 Å². The largest absolute Gasteiger partial charge is 0.444 e. The Kier molecular flexibility index (Phi) is 4.68. The number of hydrogen-bond donors (Lipinski definition) is 2. The molecule has 0 bridgehead atoms. The molecule has 8 heteroatoms. The van der Waals surface area contributed by atoms with Gasteiger partial charge in [-0.05, 0) is 45.4 Å². The van der Waals surface area contributed by atoms with Gasteiger partial charge in [0.25, 0.3) is 0 Å². The molecule has 1 fully saturated rings. The molecule has 0 aromatic heterocycles. The van der Waals surface area contributed by atoms with Gasteiger partial charge < -0.3 is 15.2 Å². The van der Waals surface area contributed by atoms with E-state index in [4.69, 9.17) is 15.2 Å². The first kappa shape index (κ1) is 18.0. The topological polar surface area (TPSA) is 85.9 Å². The van der Waals surface area contributed by atoms with Crippen LogP contribution in [-0.2, 0) is 15.2 Å². The number of nitrogens with one attached hydrogen (secondary N) is 1. The van der Waals surface area contributed by atoms with Crippen molar-refractivity contribution in [2.24, 2.45) is 10.9 Å². The molecule has 1 aromatic rings. The summed E-state index contributed by atoms with van der Waals surface area (Å²) in [6.45, 7) is 5.81. The third-order valence-electron chi connectivity index (χ3n) is 4.01. The summed E-state index contributed by atoms with van der Waals surface area (Å²) in [6.07, 6.45) is 0.170. The average Bonchev–Trinajstić information content (AvgIpc) is 2.91. The van der Waals surface area contributed by atoms with Crippen LogP contribution >= 0.6 is 11.8 Å². The number of fused-ring (bicyclic) bond motifs is 1. The molecule has 1 saturated heterocycles. The predicted octanol–water partition coefficient (Wildman–Crippen LogP) is 3.22. The molecule has 0 saturated carbocycles. The fourth-order valence-electron chi connectivity index (χ4n) is 2.98. The Balaban J connectivity index is 1.93. The van der Waals surface area contributed by atoms with Crippen molar-refractivity contribution in [1.82, 2.24) is 5.32 Å². The van der Waals surface area contributed by atoms with Gasteiger partial charge in [-0.2, -0.15) is 0 Å². The summed E-state index contributed by atoms with van der Waals surface area (Å²) in [5, 5.41) is 2.99. The lowest BCUT2D eigenvalue weighted by molar-refractivity contribution is -0.0173. The van der Waals surface area contributed by atoms with E-state index in [1.54, 1.807) is 26.8 Å². The number of aliphatic imine (C=N–C) groups is 1. The lowest BCUT2D eigenvalue weighted by Crippen LogP contribution is -2.42. The fourth-order valence-corrected chi connectivity index (χ4v) is 4.09. The zero-order valence-corrected chi connectivity index (χ0v) is 15.3. The highest BCUT2D eigenvalue weighted by Crippen LogP contribution is 2.48. The zero-order chi connectivity index (χ0) is 18.2. The molecule has 2 heterocycles. The van der Waals surface area contributed by atoms with Crippen molar-refractivity contribution in [1.29, 1.82) is 0 Å². The van der Waals surface area contributed by atoms with Crippen LogP contribution in [0.15, 0.2) is 23.2 Å². The van der Waals surface area contributed by atoms with Gasteiger partial charge in [-0.3, -0.25) is 5.32 Å². The highest BCUT2D eigenvalue weighted by atomic mass is 32.2. The number of alkyl carbamates (subject to hydrolysis) is 1. The highest BCUT2D eigenvalue weighted by molar-refractivity contribution is 8.13. The quantitative estimate of drug-likeness (QED) is 0.745. The number of carbonyl (C=O) groups is 1. The lowest BCUT2D eigenvalue weighted by atomic mass is 9.89. The Morgan fingerprint density at radius 1 is 1.52 bits per heavy atom. The summed E-state index contributed by atoms with van der Waals surface area (Å²) in [5.74, 6) is 0.245. The number of amides is 1. The molecule has 3 rings (SSSR count). The third-order valence-corrected chi connectivity index (χ3v) is 5.05. The second-order valence-corrected chi connectivity index (χ2v) is 8.13. The van der Waals surface area contributed by atoms with E-state index in [1.807, 2.05) is 0 Å². The number of nitrogens with two attached hydrogens (primary N) is 1. The van der Waals surface area contributed by atoms with Crippen molar-refractivity contribution in [3.8, 4) is 0 Å². The van der Waals surface area contributed by atoms with Crippen LogP contribution in [0.5, 0.6) is 0 Å². The predicted molar refractivity (Wildman–Crippen MR) is 95.8 cm³/mol. The number of halogens is 1. The summed E-state index contributed by atoms with van der Waals surface area (Å²) >= 11 is 1.40. The van der Waals surface area contributed by atoms with Crippen LogP contribution < -0.4 is 11.1 Å². The molecule has 2 aliphatic rings. The van der Waals surface area contributed by atoms with E-state index in [-0.39, 0.29) is 5.92 Å². The van der Waals surface area contributed by atoms with Crippen LogP contribution in [-0.4, -0.2) is 29.2 Å². The van der Waals surface area contributed by atoms with Crippen LogP contribution in [0.3, 0.4) is 0 Å². The average molecular weight is 367 g/mol. The van der Waals surface area contributed by atoms with Crippen molar-refractivity contribution < 1.29 is 18.7 Å². The summed E-state index contributed by atoms with van der Waals surface area (Å²) in [5.41, 5.74) is 4.80. The minimum atomic E-state index is -1.16. The van der Waals surface area contributed by atoms with E-state index < -0.39 is 23.2 Å². The standard InChI is InChI=1S/C17H22FN3O3S/c1-16(2,3)24-15(22)20-14-21-17(10(9-25-14)6-7-23-17)12-8-11(19)4-5-13(12)18/h4-5,8,10H,6-7,9,19H2,1-3H3,(H,20,21,22)/t10-,17+/m0/s1. The number of anilines is 1. The Morgan fingerprint density at radius 2 is 2.28 bits per heavy atom. The SMILES string of the molecule is CC(C)(C)OC(=O)NC1=N[C@@]2(c3cc(N)ccc3F)OCC[C@H]2CS1. The normalized spacial score (nSPS) is 25.9. The number of nitrogen functional groups attached to an aromatic ring is 1. The first-order valence-corrected chi connectivity index (χ1v) is 9.10. The smallest absolute Gasteiger partial charge is 0.413 e. The molecule has 2 aliphatic heterocycles. The van der Waals surface area contributed by atoms with Crippen LogP contribution in [0.2, 0.25) is 0 Å². The molecule has 0 radical (unpaired) electrons. The number of nitrogens with zero attached hydrogens (tertiary/aromatic N) is 1. The Hall–Kier alpha value is -1.80. The minimum absolute atomic E-state index is 0.0120. The van der Waals surface area contributed by atoms with Crippen molar-refractivity contribution in [2.75, 3.05) is 18.1 Å². The minimum Gasteiger partial charge on any atom is -0.444 e. The number of rotatable bonds is 1. The van der Waals surface area contributed by atoms with Gasteiger partial charge in [0, 0.05) is 22.9 Å². The fraction of sp³-hybridized carbons (Fsp3) is 0.529. The number of hydrogen-bond acceptors (Lipinski definition) is 6. The summed E-state index contributed by atoms with van der Waals surface area (Å²) < 4.78 is 25.6. The maximum absolute atomic E-state index is 14.5. The van der Waals surface area contributed by atoms with Crippen LogP contribution in [0, 0.1) is 11.7 Å². The molecule has 136 valence electrons. The molecular weight excluding hydrogens is 345 g/mol. The number of thioether (sulfide) groups is 1. The molecule has 0 spiro atoms. The van der Waals surface area contributed by atoms with Crippen molar-refractivity contribution in [3.63, 3.8) is 0 Å². The van der Waals surface area contributed by atoms with Gasteiger partial charge in [0.05, 0.1) is 6.61 Å². The Labute approximate surface area is 150 Å². The van der Waals surface area contributed by atoms with Gasteiger partial charge in [-0.15, -0.1) is 0 Å². The lowest BCUT2D eigenvalue weighted by Gasteiger charge is -2.35. The first-order valence-electron chi connectivity index (χ1n) is 8.12. The van der Waals surface area contributed by atoms with E-state index >= 15 is 0 Å². The zero-order valence-electron chi connectivity index (χ0n) is 14.5. The van der Waals surface area contributed by atoms with E-state index in [0.717, 1.165) is 6.42 Å². The molecular formula is C17H22FN3O3S. The molecule has 3 N–H and O–H groups in total. The number of benzene rings is 1. The van der Waals surface area contributed by atoms with Crippen LogP contribution in [0.4, 0.5) is 14.9 Å². The second kappa shape index (κ2) is 6.49. The highest BCUT2D eigenvalue weighted by Gasteiger charge is 2.50. The monoisotopic (exact) mass is 367 g/mol. The van der Waals surface area contributed by atoms with Gasteiger partial charge in [0.15, 0.2) is 10.9 Å². The number of ether oxygens (including phenoxy) is 2. The Bertz CT molecular complexity index is 720. The maximum Gasteiger partial charge on any atom is 0.413 e. The molecule has 0 unspecified atom stereocenters. The molecule has 25 heavy (non-hydrogen) atoms. The summed E-state index contributed by atoms with van der Waals surface area (Å²) in [6, 6.07) is 4.37. The summed E-state index contributed by atoms with van der Waals surface area (Å²) in [4.78, 5) is 16.6. The maximum atomic E-state index is 14.5. The number of amidine groups is 1. The summed E-state index contributed by atoms with van der Waals surface area (Å²) in [7, 11) is 0. The van der Waals surface area contributed by atoms with E-state index in [1.165, 1.54) is 23.9 Å².